The zero-order valence-electron chi connectivity index (χ0n) is 19.5. The Morgan fingerprint density at radius 1 is 1.18 bits per heavy atom. The second-order valence-electron chi connectivity index (χ2n) is 10.0. The number of nitrogens with zero attached hydrogens (tertiary/aromatic N) is 1. The fourth-order valence-corrected chi connectivity index (χ4v) is 5.14. The normalized spacial score (nSPS) is 18.3. The minimum atomic E-state index is -0.444. The van der Waals surface area contributed by atoms with Crippen LogP contribution < -0.4 is 10.1 Å². The Labute approximate surface area is 193 Å². The third-order valence-electron chi connectivity index (χ3n) is 6.95. The average Bonchev–Trinajstić information content (AvgIpc) is 3.30. The first-order chi connectivity index (χ1) is 15.8. The van der Waals surface area contributed by atoms with E-state index < -0.39 is 5.82 Å². The number of nitrogens with one attached hydrogen (secondary N) is 1. The molecule has 2 aliphatic rings. The highest BCUT2D eigenvalue weighted by molar-refractivity contribution is 5.99. The van der Waals surface area contributed by atoms with Crippen molar-refractivity contribution in [3.63, 3.8) is 0 Å². The molecule has 2 aromatic carbocycles. The van der Waals surface area contributed by atoms with Gasteiger partial charge in [-0.25, -0.2) is 4.39 Å². The Hall–Kier alpha value is -2.86. The number of carbonyl (C=O) groups is 1. The van der Waals surface area contributed by atoms with E-state index in [0.29, 0.717) is 23.4 Å². The van der Waals surface area contributed by atoms with Gasteiger partial charge in [-0.1, -0.05) is 30.3 Å². The number of likely N-dealkylation sites (tertiary alicyclic amines) is 1. The zero-order valence-corrected chi connectivity index (χ0v) is 19.5. The van der Waals surface area contributed by atoms with E-state index in [9.17, 15) is 9.18 Å². The van der Waals surface area contributed by atoms with Gasteiger partial charge in [-0.05, 0) is 64.3 Å². The van der Waals surface area contributed by atoms with E-state index >= 15 is 0 Å². The third-order valence-corrected chi connectivity index (χ3v) is 6.95. The van der Waals surface area contributed by atoms with Crippen molar-refractivity contribution in [3.05, 3.63) is 64.7 Å². The molecular formula is C27H31FN2O3. The zero-order chi connectivity index (χ0) is 23.2. The fourth-order valence-electron chi connectivity index (χ4n) is 5.14. The minimum Gasteiger partial charge on any atom is -0.487 e. The van der Waals surface area contributed by atoms with Gasteiger partial charge in [0.05, 0.1) is 0 Å². The Morgan fingerprint density at radius 2 is 1.94 bits per heavy atom. The number of furan rings is 1. The van der Waals surface area contributed by atoms with Gasteiger partial charge in [-0.2, -0.15) is 0 Å². The molecule has 3 aromatic rings. The second-order valence-corrected chi connectivity index (χ2v) is 10.0. The minimum absolute atomic E-state index is 0.131. The van der Waals surface area contributed by atoms with Crippen LogP contribution in [-0.2, 0) is 13.0 Å². The molecule has 33 heavy (non-hydrogen) atoms. The second kappa shape index (κ2) is 8.49. The highest BCUT2D eigenvalue weighted by Gasteiger charge is 2.32. The molecule has 0 unspecified atom stereocenters. The summed E-state index contributed by atoms with van der Waals surface area (Å²) in [6.07, 6.45) is 3.00. The van der Waals surface area contributed by atoms with Crippen molar-refractivity contribution in [2.24, 2.45) is 5.92 Å². The number of ether oxygens (including phenoxy) is 1. The van der Waals surface area contributed by atoms with E-state index in [4.69, 9.17) is 9.15 Å². The molecule has 0 spiro atoms. The Balaban J connectivity index is 1.15. The van der Waals surface area contributed by atoms with Gasteiger partial charge >= 0.3 is 0 Å². The molecule has 0 bridgehead atoms. The summed E-state index contributed by atoms with van der Waals surface area (Å²) in [5.74, 6) is 0.969. The van der Waals surface area contributed by atoms with Crippen LogP contribution in [0.25, 0.3) is 11.0 Å². The molecule has 0 saturated carbocycles. The van der Waals surface area contributed by atoms with E-state index in [0.717, 1.165) is 44.6 Å². The van der Waals surface area contributed by atoms with Crippen LogP contribution in [0, 0.1) is 18.7 Å². The first-order valence-corrected chi connectivity index (χ1v) is 11.8. The van der Waals surface area contributed by atoms with E-state index in [1.165, 1.54) is 17.2 Å². The number of carbonyl (C=O) groups excluding carboxylic acids is 1. The van der Waals surface area contributed by atoms with Crippen molar-refractivity contribution in [3.8, 4) is 5.75 Å². The maximum Gasteiger partial charge on any atom is 0.287 e. The molecule has 2 aliphatic heterocycles. The molecule has 5 rings (SSSR count). The molecule has 174 valence electrons. The molecule has 1 N–H and O–H groups in total. The van der Waals surface area contributed by atoms with Gasteiger partial charge in [-0.15, -0.1) is 0 Å². The molecule has 6 heteroatoms. The predicted octanol–water partition coefficient (Wildman–Crippen LogP) is 5.24. The molecule has 1 saturated heterocycles. The lowest BCUT2D eigenvalue weighted by atomic mass is 9.96. The van der Waals surface area contributed by atoms with Crippen LogP contribution in [-0.4, -0.2) is 36.0 Å². The SMILES string of the molecule is Cc1c(C(=O)NCC2CCN(Cc3cccc4c3OC(C)(C)C4)CC2)oc2c(F)cccc12. The summed E-state index contributed by atoms with van der Waals surface area (Å²) in [6, 6.07) is 11.2. The molecule has 5 nitrogen and oxygen atoms in total. The number of para-hydroxylation sites is 2. The third kappa shape index (κ3) is 4.36. The maximum atomic E-state index is 14.0. The van der Waals surface area contributed by atoms with E-state index in [1.54, 1.807) is 19.1 Å². The lowest BCUT2D eigenvalue weighted by Crippen LogP contribution is -2.38. The molecule has 1 amide bonds. The molecule has 1 fully saturated rings. The van der Waals surface area contributed by atoms with Crippen LogP contribution in [0.4, 0.5) is 4.39 Å². The standard InChI is InChI=1S/C27H31FN2O3/c1-17-21-8-5-9-22(28)25(21)32-23(17)26(31)29-15-18-10-12-30(13-11-18)16-20-7-4-6-19-14-27(2,3)33-24(19)20/h4-9,18H,10-16H2,1-3H3,(H,29,31). The van der Waals surface area contributed by atoms with Gasteiger partial charge in [0.25, 0.3) is 5.91 Å². The number of hydrogen-bond acceptors (Lipinski definition) is 4. The van der Waals surface area contributed by atoms with Gasteiger partial charge < -0.3 is 14.5 Å². The highest BCUT2D eigenvalue weighted by atomic mass is 19.1. The summed E-state index contributed by atoms with van der Waals surface area (Å²) in [7, 11) is 0. The monoisotopic (exact) mass is 450 g/mol. The van der Waals surface area contributed by atoms with Crippen molar-refractivity contribution >= 4 is 16.9 Å². The van der Waals surface area contributed by atoms with E-state index in [-0.39, 0.29) is 22.9 Å². The molecule has 0 radical (unpaired) electrons. The van der Waals surface area contributed by atoms with Crippen molar-refractivity contribution < 1.29 is 18.3 Å². The van der Waals surface area contributed by atoms with Crippen molar-refractivity contribution in [1.82, 2.24) is 10.2 Å². The van der Waals surface area contributed by atoms with Crippen LogP contribution in [0.1, 0.15) is 53.9 Å². The smallest absolute Gasteiger partial charge is 0.287 e. The van der Waals surface area contributed by atoms with Crippen LogP contribution in [0.15, 0.2) is 40.8 Å². The Kier molecular flexibility index (Phi) is 5.65. The number of fused-ring (bicyclic) bond motifs is 2. The number of hydrogen-bond donors (Lipinski definition) is 1. The molecular weight excluding hydrogens is 419 g/mol. The topological polar surface area (TPSA) is 54.7 Å². The van der Waals surface area contributed by atoms with Crippen molar-refractivity contribution in [2.75, 3.05) is 19.6 Å². The first-order valence-electron chi connectivity index (χ1n) is 11.8. The number of piperidine rings is 1. The Bertz CT molecular complexity index is 1190. The van der Waals surface area contributed by atoms with Gasteiger partial charge in [0.2, 0.25) is 0 Å². The number of rotatable bonds is 5. The summed E-state index contributed by atoms with van der Waals surface area (Å²) in [6.45, 7) is 9.54. The highest BCUT2D eigenvalue weighted by Crippen LogP contribution is 2.38. The largest absolute Gasteiger partial charge is 0.487 e. The first kappa shape index (κ1) is 22.0. The van der Waals surface area contributed by atoms with Crippen LogP contribution >= 0.6 is 0 Å². The van der Waals surface area contributed by atoms with Crippen LogP contribution in [0.2, 0.25) is 0 Å². The number of benzene rings is 2. The lowest BCUT2D eigenvalue weighted by molar-refractivity contribution is 0.0907. The van der Waals surface area contributed by atoms with Gasteiger partial charge in [-0.3, -0.25) is 9.69 Å². The van der Waals surface area contributed by atoms with E-state index in [2.05, 4.69) is 42.3 Å². The lowest BCUT2D eigenvalue weighted by Gasteiger charge is -2.32. The van der Waals surface area contributed by atoms with Gasteiger partial charge in [0, 0.05) is 36.0 Å². The van der Waals surface area contributed by atoms with E-state index in [1.807, 2.05) is 0 Å². The summed E-state index contributed by atoms with van der Waals surface area (Å²) in [5.41, 5.74) is 3.26. The summed E-state index contributed by atoms with van der Waals surface area (Å²) in [5, 5.41) is 3.65. The number of halogens is 1. The number of aryl methyl sites for hydroxylation is 1. The number of amides is 1. The summed E-state index contributed by atoms with van der Waals surface area (Å²) >= 11 is 0. The molecule has 0 atom stereocenters. The fraction of sp³-hybridized carbons (Fsp3) is 0.444. The van der Waals surface area contributed by atoms with Gasteiger partial charge in [0.1, 0.15) is 11.4 Å². The molecule has 0 aliphatic carbocycles. The summed E-state index contributed by atoms with van der Waals surface area (Å²) < 4.78 is 25.8. The van der Waals surface area contributed by atoms with Gasteiger partial charge in [0.15, 0.2) is 17.2 Å². The Morgan fingerprint density at radius 3 is 2.70 bits per heavy atom. The van der Waals surface area contributed by atoms with Crippen molar-refractivity contribution in [2.45, 2.75) is 52.2 Å². The van der Waals surface area contributed by atoms with Crippen molar-refractivity contribution in [1.29, 1.82) is 0 Å². The summed E-state index contributed by atoms with van der Waals surface area (Å²) in [4.78, 5) is 15.2. The van der Waals surface area contributed by atoms with Crippen LogP contribution in [0.5, 0.6) is 5.75 Å². The van der Waals surface area contributed by atoms with Crippen LogP contribution in [0.3, 0.4) is 0 Å². The maximum absolute atomic E-state index is 14.0. The molecule has 1 aromatic heterocycles. The molecule has 3 heterocycles. The quantitative estimate of drug-likeness (QED) is 0.578. The average molecular weight is 451 g/mol. The predicted molar refractivity (Wildman–Crippen MR) is 126 cm³/mol.